The Morgan fingerprint density at radius 2 is 2.00 bits per heavy atom. The van der Waals surface area contributed by atoms with Crippen LogP contribution in [0.4, 0.5) is 0 Å². The van der Waals surface area contributed by atoms with Crippen molar-refractivity contribution < 1.29 is 11.9 Å². The summed E-state index contributed by atoms with van der Waals surface area (Å²) in [4.78, 5) is 0. The first kappa shape index (κ1) is 1.88. The SMILES string of the molecule is [2H]c1c([2H])c([2H])c([B]O)c([2H])c1[2H]. The first-order valence-electron chi connectivity index (χ1n) is 4.55. The van der Waals surface area contributed by atoms with Crippen molar-refractivity contribution in [1.29, 1.82) is 0 Å². The van der Waals surface area contributed by atoms with Gasteiger partial charge in [0, 0.05) is 0 Å². The van der Waals surface area contributed by atoms with E-state index < -0.39 is 30.2 Å². The first-order valence-corrected chi connectivity index (χ1v) is 2.05. The molecule has 8 heavy (non-hydrogen) atoms. The number of hydrogen-bond donors (Lipinski definition) is 1. The molecule has 0 saturated carbocycles. The van der Waals surface area contributed by atoms with Crippen LogP contribution in [0.2, 0.25) is 0 Å². The maximum absolute atomic E-state index is 8.65. The second-order valence-electron chi connectivity index (χ2n) is 1.17. The van der Waals surface area contributed by atoms with Crippen LogP contribution in [0.1, 0.15) is 6.85 Å². The Morgan fingerprint density at radius 1 is 1.38 bits per heavy atom. The highest BCUT2D eigenvalue weighted by molar-refractivity contribution is 6.45. The Hall–Kier alpha value is -0.755. The molecule has 0 spiro atoms. The van der Waals surface area contributed by atoms with Crippen LogP contribution in [0, 0.1) is 0 Å². The Kier molecular flexibility index (Phi) is 0.595. The lowest BCUT2D eigenvalue weighted by Gasteiger charge is -1.86. The fourth-order valence-electron chi connectivity index (χ4n) is 0.324. The summed E-state index contributed by atoms with van der Waals surface area (Å²) in [5.74, 6) is 0. The summed E-state index contributed by atoms with van der Waals surface area (Å²) in [6.07, 6.45) is 0. The summed E-state index contributed by atoms with van der Waals surface area (Å²) in [6, 6.07) is -2.13. The molecule has 2 heteroatoms. The minimum atomic E-state index is -0.458. The molecule has 0 heterocycles. The van der Waals surface area contributed by atoms with Crippen molar-refractivity contribution in [1.82, 2.24) is 0 Å². The van der Waals surface area contributed by atoms with Crippen LogP contribution in [0.15, 0.2) is 30.2 Å². The molecule has 1 radical (unpaired) electrons. The van der Waals surface area contributed by atoms with Crippen LogP contribution >= 0.6 is 0 Å². The molecular formula is C6H6BO. The molecule has 0 bridgehead atoms. The molecule has 0 aliphatic rings. The van der Waals surface area contributed by atoms with E-state index in [1.165, 1.54) is 0 Å². The minimum absolute atomic E-state index is 0.189. The molecule has 0 amide bonds. The van der Waals surface area contributed by atoms with Crippen molar-refractivity contribution in [3.63, 3.8) is 0 Å². The highest BCUT2D eigenvalue weighted by atomic mass is 16.2. The van der Waals surface area contributed by atoms with Gasteiger partial charge in [0.15, 0.2) is 0 Å². The van der Waals surface area contributed by atoms with Crippen LogP contribution in [0.25, 0.3) is 0 Å². The van der Waals surface area contributed by atoms with E-state index >= 15 is 0 Å². The van der Waals surface area contributed by atoms with E-state index in [2.05, 4.69) is 0 Å². The molecule has 0 fully saturated rings. The predicted octanol–water partition coefficient (Wildman–Crippen LogP) is -0.0766. The zero-order valence-electron chi connectivity index (χ0n) is 9.02. The predicted molar refractivity (Wildman–Crippen MR) is 34.0 cm³/mol. The van der Waals surface area contributed by atoms with Crippen molar-refractivity contribution >= 4 is 12.9 Å². The molecule has 1 aromatic rings. The Balaban J connectivity index is 3.56. The Labute approximate surface area is 56.3 Å². The van der Waals surface area contributed by atoms with Crippen LogP contribution in [0.3, 0.4) is 0 Å². The van der Waals surface area contributed by atoms with Crippen LogP contribution in [0.5, 0.6) is 0 Å². The maximum atomic E-state index is 8.65. The maximum Gasteiger partial charge on any atom is 0.326 e. The molecule has 0 aliphatic heterocycles. The van der Waals surface area contributed by atoms with Crippen LogP contribution in [-0.4, -0.2) is 12.5 Å². The van der Waals surface area contributed by atoms with Crippen molar-refractivity contribution in [2.24, 2.45) is 0 Å². The standard InChI is InChI=1S/C6H6BO/c8-7-6-4-2-1-3-5-6/h1-5,8H/i1D,2D,3D,4D,5D. The second-order valence-corrected chi connectivity index (χ2v) is 1.17. The summed E-state index contributed by atoms with van der Waals surface area (Å²) in [5.41, 5.74) is -0.189. The van der Waals surface area contributed by atoms with E-state index in [1.54, 1.807) is 0 Å². The van der Waals surface area contributed by atoms with E-state index in [4.69, 9.17) is 11.9 Å². The van der Waals surface area contributed by atoms with Crippen molar-refractivity contribution in [3.8, 4) is 0 Å². The molecule has 0 aliphatic carbocycles. The third kappa shape index (κ3) is 1.11. The summed E-state index contributed by atoms with van der Waals surface area (Å²) in [7, 11) is 0.514. The fraction of sp³-hybridized carbons (Fsp3) is 0. The number of hydrogen-bond acceptors (Lipinski definition) is 1. The van der Waals surface area contributed by atoms with Crippen LogP contribution in [-0.2, 0) is 0 Å². The Morgan fingerprint density at radius 3 is 2.50 bits per heavy atom. The van der Waals surface area contributed by atoms with Gasteiger partial charge in [-0.2, -0.15) is 0 Å². The highest BCUT2D eigenvalue weighted by Gasteiger charge is 1.85. The average Bonchev–Trinajstić information content (AvgIpc) is 2.13. The van der Waals surface area contributed by atoms with Gasteiger partial charge in [0.25, 0.3) is 0 Å². The van der Waals surface area contributed by atoms with Gasteiger partial charge < -0.3 is 5.02 Å². The van der Waals surface area contributed by atoms with Gasteiger partial charge in [-0.25, -0.2) is 0 Å². The van der Waals surface area contributed by atoms with Gasteiger partial charge in [0.1, 0.15) is 0 Å². The first-order chi connectivity index (χ1) is 6.00. The molecule has 1 rings (SSSR count). The lowest BCUT2D eigenvalue weighted by molar-refractivity contribution is 0.615. The smallest absolute Gasteiger partial charge is 0.326 e. The molecule has 1 N–H and O–H groups in total. The molecule has 1 aromatic carbocycles. The number of rotatable bonds is 1. The molecule has 0 aromatic heterocycles. The Bertz CT molecular complexity index is 324. The summed E-state index contributed by atoms with van der Waals surface area (Å²) >= 11 is 0. The summed E-state index contributed by atoms with van der Waals surface area (Å²) in [5, 5.41) is 8.65. The van der Waals surface area contributed by atoms with E-state index in [9.17, 15) is 0 Å². The largest absolute Gasteiger partial charge is 0.450 e. The minimum Gasteiger partial charge on any atom is -0.450 e. The van der Waals surface area contributed by atoms with Gasteiger partial charge >= 0.3 is 7.48 Å². The van der Waals surface area contributed by atoms with E-state index in [1.807, 2.05) is 0 Å². The van der Waals surface area contributed by atoms with Gasteiger partial charge in [-0.15, -0.1) is 0 Å². The molecular weight excluding hydrogens is 98.9 g/mol. The summed E-state index contributed by atoms with van der Waals surface area (Å²) in [6.45, 7) is 0. The third-order valence-electron chi connectivity index (χ3n) is 0.648. The molecule has 0 saturated heterocycles. The lowest BCUT2D eigenvalue weighted by atomic mass is 9.89. The normalized spacial score (nSPS) is 17.4. The zero-order chi connectivity index (χ0) is 10.2. The van der Waals surface area contributed by atoms with Crippen molar-refractivity contribution in [2.75, 3.05) is 0 Å². The van der Waals surface area contributed by atoms with Crippen LogP contribution < -0.4 is 5.46 Å². The lowest BCUT2D eigenvalue weighted by Crippen LogP contribution is -2.11. The van der Waals surface area contributed by atoms with Gasteiger partial charge in [0.2, 0.25) is 0 Å². The molecule has 0 unspecified atom stereocenters. The second kappa shape index (κ2) is 2.53. The van der Waals surface area contributed by atoms with E-state index in [0.717, 1.165) is 0 Å². The van der Waals surface area contributed by atoms with E-state index in [-0.39, 0.29) is 5.46 Å². The van der Waals surface area contributed by atoms with Crippen molar-refractivity contribution in [3.05, 3.63) is 30.2 Å². The van der Waals surface area contributed by atoms with Crippen molar-refractivity contribution in [2.45, 2.75) is 0 Å². The van der Waals surface area contributed by atoms with Gasteiger partial charge in [-0.1, -0.05) is 35.7 Å². The van der Waals surface area contributed by atoms with Gasteiger partial charge in [-0.05, 0) is 0 Å². The quantitative estimate of drug-likeness (QED) is 0.501. The molecule has 1 nitrogen and oxygen atoms in total. The average molecular weight is 110 g/mol. The molecule has 0 atom stereocenters. The summed E-state index contributed by atoms with van der Waals surface area (Å²) < 4.78 is 36.2. The topological polar surface area (TPSA) is 20.2 Å². The third-order valence-corrected chi connectivity index (χ3v) is 0.648. The van der Waals surface area contributed by atoms with E-state index in [0.29, 0.717) is 7.48 Å². The highest BCUT2D eigenvalue weighted by Crippen LogP contribution is 1.78. The zero-order valence-corrected chi connectivity index (χ0v) is 4.02. The van der Waals surface area contributed by atoms with Gasteiger partial charge in [0.05, 0.1) is 6.85 Å². The fourth-order valence-corrected chi connectivity index (χ4v) is 0.324. The number of benzene rings is 1. The van der Waals surface area contributed by atoms with Gasteiger partial charge in [-0.3, -0.25) is 0 Å². The molecule has 39 valence electrons. The monoisotopic (exact) mass is 110 g/mol.